The van der Waals surface area contributed by atoms with Gasteiger partial charge in [-0.15, -0.1) is 0 Å². The zero-order chi connectivity index (χ0) is 14.9. The topological polar surface area (TPSA) is 66.6 Å². The van der Waals surface area contributed by atoms with E-state index in [1.165, 1.54) is 10.4 Å². The molecular weight excluding hydrogens is 342 g/mol. The van der Waals surface area contributed by atoms with E-state index in [2.05, 4.69) is 27.9 Å². The molecule has 0 aliphatic carbocycles. The van der Waals surface area contributed by atoms with Gasteiger partial charge < -0.3 is 10.6 Å². The van der Waals surface area contributed by atoms with Crippen LogP contribution in [0.25, 0.3) is 0 Å². The molecule has 2 N–H and O–H groups in total. The number of nitrogen functional groups attached to an aromatic ring is 1. The largest absolute Gasteiger partial charge is 0.398 e. The van der Waals surface area contributed by atoms with Crippen LogP contribution in [0.2, 0.25) is 0 Å². The molecule has 2 rings (SSSR count). The molecule has 0 bridgehead atoms. The number of benzene rings is 1. The van der Waals surface area contributed by atoms with Crippen molar-refractivity contribution in [2.75, 3.05) is 39.5 Å². The Balaban J connectivity index is 2.14. The number of hydrogen-bond acceptors (Lipinski definition) is 4. The van der Waals surface area contributed by atoms with Crippen molar-refractivity contribution < 1.29 is 8.42 Å². The fourth-order valence-corrected chi connectivity index (χ4v) is 4.03. The molecule has 1 fully saturated rings. The van der Waals surface area contributed by atoms with E-state index in [9.17, 15) is 8.42 Å². The highest BCUT2D eigenvalue weighted by Crippen LogP contribution is 2.25. The maximum atomic E-state index is 12.5. The smallest absolute Gasteiger partial charge is 0.242 e. The molecule has 1 saturated heterocycles. The van der Waals surface area contributed by atoms with Crippen LogP contribution in [-0.4, -0.2) is 51.4 Å². The summed E-state index contributed by atoms with van der Waals surface area (Å²) in [5, 5.41) is 0. The van der Waals surface area contributed by atoms with Crippen LogP contribution in [0.5, 0.6) is 0 Å². The van der Waals surface area contributed by atoms with E-state index in [4.69, 9.17) is 5.73 Å². The average Bonchev–Trinajstić information content (AvgIpc) is 2.78. The Hall–Kier alpha value is -0.630. The van der Waals surface area contributed by atoms with Crippen LogP contribution in [-0.2, 0) is 10.0 Å². The second-order valence-corrected chi connectivity index (χ2v) is 8.29. The van der Waals surface area contributed by atoms with Gasteiger partial charge >= 0.3 is 0 Å². The Morgan fingerprint density at radius 3 is 2.75 bits per heavy atom. The monoisotopic (exact) mass is 361 g/mol. The first-order valence-corrected chi connectivity index (χ1v) is 8.74. The van der Waals surface area contributed by atoms with Crippen molar-refractivity contribution >= 4 is 31.6 Å². The average molecular weight is 362 g/mol. The Bertz CT molecular complexity index is 591. The van der Waals surface area contributed by atoms with Gasteiger partial charge in [0.25, 0.3) is 0 Å². The van der Waals surface area contributed by atoms with Crippen molar-refractivity contribution in [1.29, 1.82) is 0 Å². The summed E-state index contributed by atoms with van der Waals surface area (Å²) in [5.41, 5.74) is 6.19. The van der Waals surface area contributed by atoms with E-state index < -0.39 is 10.0 Å². The molecule has 20 heavy (non-hydrogen) atoms. The first kappa shape index (κ1) is 15.8. The van der Waals surface area contributed by atoms with Crippen LogP contribution < -0.4 is 5.73 Å². The fraction of sp³-hybridized carbons (Fsp3) is 0.538. The van der Waals surface area contributed by atoms with Crippen molar-refractivity contribution in [3.8, 4) is 0 Å². The van der Waals surface area contributed by atoms with Gasteiger partial charge in [0, 0.05) is 30.3 Å². The number of nitrogens with zero attached hydrogens (tertiary/aromatic N) is 2. The Morgan fingerprint density at radius 1 is 1.50 bits per heavy atom. The summed E-state index contributed by atoms with van der Waals surface area (Å²) in [6, 6.07) is 4.74. The maximum absolute atomic E-state index is 12.5. The summed E-state index contributed by atoms with van der Waals surface area (Å²) in [5.74, 6) is 0.396. The molecule has 0 spiro atoms. The minimum absolute atomic E-state index is 0.243. The van der Waals surface area contributed by atoms with Crippen LogP contribution in [0, 0.1) is 5.92 Å². The molecule has 1 aromatic rings. The van der Waals surface area contributed by atoms with Crippen molar-refractivity contribution in [3.63, 3.8) is 0 Å². The van der Waals surface area contributed by atoms with Crippen molar-refractivity contribution in [1.82, 2.24) is 9.21 Å². The van der Waals surface area contributed by atoms with Crippen LogP contribution in [0.3, 0.4) is 0 Å². The van der Waals surface area contributed by atoms with Gasteiger partial charge in [-0.25, -0.2) is 12.7 Å². The quantitative estimate of drug-likeness (QED) is 0.827. The first-order valence-electron chi connectivity index (χ1n) is 6.50. The second-order valence-electron chi connectivity index (χ2n) is 5.39. The Morgan fingerprint density at radius 2 is 2.20 bits per heavy atom. The van der Waals surface area contributed by atoms with E-state index in [-0.39, 0.29) is 4.90 Å². The number of hydrogen-bond donors (Lipinski definition) is 1. The molecule has 1 aliphatic heterocycles. The summed E-state index contributed by atoms with van der Waals surface area (Å²) < 4.78 is 27.1. The third-order valence-corrected chi connectivity index (χ3v) is 6.22. The van der Waals surface area contributed by atoms with Crippen molar-refractivity contribution in [3.05, 3.63) is 22.7 Å². The molecule has 112 valence electrons. The van der Waals surface area contributed by atoms with Crippen LogP contribution in [0.1, 0.15) is 6.42 Å². The van der Waals surface area contributed by atoms with Gasteiger partial charge in [-0.3, -0.25) is 0 Å². The molecule has 7 heteroatoms. The van der Waals surface area contributed by atoms with Crippen LogP contribution >= 0.6 is 15.9 Å². The van der Waals surface area contributed by atoms with Gasteiger partial charge in [-0.2, -0.15) is 0 Å². The molecule has 0 radical (unpaired) electrons. The number of rotatable bonds is 4. The maximum Gasteiger partial charge on any atom is 0.242 e. The van der Waals surface area contributed by atoms with Crippen molar-refractivity contribution in [2.24, 2.45) is 5.92 Å². The fourth-order valence-electron chi connectivity index (χ4n) is 2.50. The SMILES string of the molecule is CN1CCC(CN(C)S(=O)(=O)c2ccc(Br)c(N)c2)C1. The Labute approximate surface area is 128 Å². The molecule has 1 aliphatic rings. The number of anilines is 1. The predicted octanol–water partition coefficient (Wildman–Crippen LogP) is 1.60. The van der Waals surface area contributed by atoms with Gasteiger partial charge in [0.05, 0.1) is 4.90 Å². The number of likely N-dealkylation sites (tertiary alicyclic amines) is 1. The molecule has 1 unspecified atom stereocenters. The van der Waals surface area contributed by atoms with E-state index >= 15 is 0 Å². The minimum atomic E-state index is -3.47. The van der Waals surface area contributed by atoms with E-state index in [0.29, 0.717) is 22.6 Å². The van der Waals surface area contributed by atoms with Gasteiger partial charge in [0.2, 0.25) is 10.0 Å². The zero-order valence-electron chi connectivity index (χ0n) is 11.7. The summed E-state index contributed by atoms with van der Waals surface area (Å²) in [6.45, 7) is 2.52. The van der Waals surface area contributed by atoms with Crippen LogP contribution in [0.15, 0.2) is 27.6 Å². The van der Waals surface area contributed by atoms with Crippen LogP contribution in [0.4, 0.5) is 5.69 Å². The molecule has 1 heterocycles. The van der Waals surface area contributed by atoms with E-state index in [1.54, 1.807) is 19.2 Å². The molecule has 1 aromatic carbocycles. The zero-order valence-corrected chi connectivity index (χ0v) is 14.1. The molecule has 0 amide bonds. The first-order chi connectivity index (χ1) is 9.30. The Kier molecular flexibility index (Phi) is 4.73. The lowest BCUT2D eigenvalue weighted by Gasteiger charge is -2.21. The molecular formula is C13H20BrN3O2S. The molecule has 0 aromatic heterocycles. The number of sulfonamides is 1. The molecule has 1 atom stereocenters. The van der Waals surface area contributed by atoms with Gasteiger partial charge in [0.15, 0.2) is 0 Å². The third-order valence-electron chi connectivity index (χ3n) is 3.68. The lowest BCUT2D eigenvalue weighted by atomic mass is 10.1. The summed E-state index contributed by atoms with van der Waals surface area (Å²) in [7, 11) is 0.221. The molecule has 5 nitrogen and oxygen atoms in total. The molecule has 0 saturated carbocycles. The number of halogens is 1. The van der Waals surface area contributed by atoms with E-state index in [0.717, 1.165) is 19.5 Å². The van der Waals surface area contributed by atoms with Gasteiger partial charge in [-0.05, 0) is 60.1 Å². The third kappa shape index (κ3) is 3.33. The highest BCUT2D eigenvalue weighted by Gasteiger charge is 2.27. The predicted molar refractivity (Wildman–Crippen MR) is 84.0 cm³/mol. The second kappa shape index (κ2) is 6.01. The van der Waals surface area contributed by atoms with Crippen molar-refractivity contribution in [2.45, 2.75) is 11.3 Å². The van der Waals surface area contributed by atoms with E-state index in [1.807, 2.05) is 0 Å². The summed E-state index contributed by atoms with van der Waals surface area (Å²) in [4.78, 5) is 2.47. The normalized spacial score (nSPS) is 20.7. The van der Waals surface area contributed by atoms with Gasteiger partial charge in [0.1, 0.15) is 0 Å². The minimum Gasteiger partial charge on any atom is -0.398 e. The summed E-state index contributed by atoms with van der Waals surface area (Å²) in [6.07, 6.45) is 1.04. The standard InChI is InChI=1S/C13H20BrN3O2S/c1-16-6-5-10(8-16)9-17(2)20(18,19)11-3-4-12(14)13(15)7-11/h3-4,7,10H,5-6,8-9,15H2,1-2H3. The lowest BCUT2D eigenvalue weighted by Crippen LogP contribution is -2.32. The highest BCUT2D eigenvalue weighted by atomic mass is 79.9. The lowest BCUT2D eigenvalue weighted by molar-refractivity contribution is 0.357. The van der Waals surface area contributed by atoms with Gasteiger partial charge in [-0.1, -0.05) is 0 Å². The number of nitrogens with two attached hydrogens (primary N) is 1. The highest BCUT2D eigenvalue weighted by molar-refractivity contribution is 9.10. The summed E-state index contributed by atoms with van der Waals surface area (Å²) >= 11 is 3.27.